The molecule has 0 aromatic heterocycles. The lowest BCUT2D eigenvalue weighted by atomic mass is 10.1. The van der Waals surface area contributed by atoms with E-state index in [1.165, 1.54) is 0 Å². The zero-order valence-electron chi connectivity index (χ0n) is 14.0. The number of hydrogen-bond acceptors (Lipinski definition) is 4. The molecule has 0 unspecified atom stereocenters. The first-order chi connectivity index (χ1) is 12.1. The number of carbonyl (C=O) groups excluding carboxylic acids is 3. The number of hydrogen-bond donors (Lipinski definition) is 0. The van der Waals surface area contributed by atoms with E-state index in [9.17, 15) is 14.4 Å². The summed E-state index contributed by atoms with van der Waals surface area (Å²) in [7, 11) is 0. The van der Waals surface area contributed by atoms with Crippen LogP contribution in [0.15, 0.2) is 48.5 Å². The fourth-order valence-corrected chi connectivity index (χ4v) is 2.76. The van der Waals surface area contributed by atoms with Crippen molar-refractivity contribution in [3.63, 3.8) is 0 Å². The van der Waals surface area contributed by atoms with Gasteiger partial charge in [-0.2, -0.15) is 0 Å². The molecule has 1 aliphatic rings. The SMILES string of the molecule is CCCOc1ccc(C(=O)CCN2C(=O)c3ccccc3C2=O)cc1. The maximum Gasteiger partial charge on any atom is 0.261 e. The first-order valence-corrected chi connectivity index (χ1v) is 8.33. The molecule has 0 radical (unpaired) electrons. The lowest BCUT2D eigenvalue weighted by molar-refractivity contribution is 0.0649. The highest BCUT2D eigenvalue weighted by Gasteiger charge is 2.34. The van der Waals surface area contributed by atoms with E-state index >= 15 is 0 Å². The lowest BCUT2D eigenvalue weighted by Crippen LogP contribution is -2.31. The minimum absolute atomic E-state index is 0.0826. The fraction of sp³-hybridized carbons (Fsp3) is 0.250. The molecular formula is C20H19NO4. The van der Waals surface area contributed by atoms with E-state index in [1.54, 1.807) is 48.5 Å². The van der Waals surface area contributed by atoms with Gasteiger partial charge in [0.2, 0.25) is 0 Å². The van der Waals surface area contributed by atoms with E-state index in [1.807, 2.05) is 6.92 Å². The van der Waals surface area contributed by atoms with Crippen molar-refractivity contribution in [2.45, 2.75) is 19.8 Å². The van der Waals surface area contributed by atoms with Crippen LogP contribution in [0.1, 0.15) is 50.8 Å². The summed E-state index contributed by atoms with van der Waals surface area (Å²) in [6.07, 6.45) is 1.02. The summed E-state index contributed by atoms with van der Waals surface area (Å²) in [5.41, 5.74) is 1.34. The zero-order valence-corrected chi connectivity index (χ0v) is 14.0. The minimum atomic E-state index is -0.336. The second-order valence-electron chi connectivity index (χ2n) is 5.85. The van der Waals surface area contributed by atoms with Gasteiger partial charge in [0.15, 0.2) is 5.78 Å². The second-order valence-corrected chi connectivity index (χ2v) is 5.85. The summed E-state index contributed by atoms with van der Waals surface area (Å²) in [5.74, 6) is -0.0641. The van der Waals surface area contributed by atoms with Crippen LogP contribution in [-0.2, 0) is 0 Å². The Bertz CT molecular complexity index is 776. The average molecular weight is 337 g/mol. The maximum atomic E-state index is 12.3. The van der Waals surface area contributed by atoms with Crippen LogP contribution in [-0.4, -0.2) is 35.6 Å². The third kappa shape index (κ3) is 3.45. The van der Waals surface area contributed by atoms with E-state index in [0.29, 0.717) is 23.3 Å². The monoisotopic (exact) mass is 337 g/mol. The number of carbonyl (C=O) groups is 3. The fourth-order valence-electron chi connectivity index (χ4n) is 2.76. The van der Waals surface area contributed by atoms with Crippen LogP contribution in [0, 0.1) is 0 Å². The molecule has 25 heavy (non-hydrogen) atoms. The van der Waals surface area contributed by atoms with Gasteiger partial charge in [-0.15, -0.1) is 0 Å². The van der Waals surface area contributed by atoms with Gasteiger partial charge in [0.05, 0.1) is 17.7 Å². The minimum Gasteiger partial charge on any atom is -0.494 e. The third-order valence-corrected chi connectivity index (χ3v) is 4.09. The number of ketones is 1. The first kappa shape index (κ1) is 16.9. The summed E-state index contributed by atoms with van der Waals surface area (Å²) in [6.45, 7) is 2.74. The van der Waals surface area contributed by atoms with Crippen LogP contribution in [0.5, 0.6) is 5.75 Å². The molecule has 0 aliphatic carbocycles. The Labute approximate surface area is 146 Å². The van der Waals surface area contributed by atoms with Gasteiger partial charge < -0.3 is 4.74 Å². The van der Waals surface area contributed by atoms with Crippen LogP contribution >= 0.6 is 0 Å². The van der Waals surface area contributed by atoms with Crippen molar-refractivity contribution in [3.8, 4) is 5.75 Å². The number of amides is 2. The van der Waals surface area contributed by atoms with Gasteiger partial charge in [-0.1, -0.05) is 19.1 Å². The molecule has 0 atom stereocenters. The number of imide groups is 1. The summed E-state index contributed by atoms with van der Waals surface area (Å²) < 4.78 is 5.49. The molecule has 0 saturated carbocycles. The Hall–Kier alpha value is -2.95. The lowest BCUT2D eigenvalue weighted by Gasteiger charge is -2.13. The maximum absolute atomic E-state index is 12.3. The van der Waals surface area contributed by atoms with E-state index in [4.69, 9.17) is 4.74 Å². The molecule has 2 aromatic carbocycles. The molecule has 5 nitrogen and oxygen atoms in total. The standard InChI is InChI=1S/C20H19NO4/c1-2-13-25-15-9-7-14(8-10-15)18(22)11-12-21-19(23)16-5-3-4-6-17(16)20(21)24/h3-10H,2,11-13H2,1H3. The molecule has 3 rings (SSSR count). The second kappa shape index (κ2) is 7.30. The molecule has 1 heterocycles. The van der Waals surface area contributed by atoms with Crippen LogP contribution in [0.4, 0.5) is 0 Å². The Morgan fingerprint density at radius 3 is 2.12 bits per heavy atom. The number of rotatable bonds is 7. The normalized spacial score (nSPS) is 13.1. The van der Waals surface area contributed by atoms with Crippen LogP contribution in [0.25, 0.3) is 0 Å². The van der Waals surface area contributed by atoms with Crippen molar-refractivity contribution < 1.29 is 19.1 Å². The van der Waals surface area contributed by atoms with Gasteiger partial charge >= 0.3 is 0 Å². The van der Waals surface area contributed by atoms with Crippen molar-refractivity contribution in [2.75, 3.05) is 13.2 Å². The van der Waals surface area contributed by atoms with Gasteiger partial charge in [-0.3, -0.25) is 19.3 Å². The van der Waals surface area contributed by atoms with Crippen molar-refractivity contribution in [2.24, 2.45) is 0 Å². The molecule has 2 aromatic rings. The van der Waals surface area contributed by atoms with E-state index in [-0.39, 0.29) is 30.6 Å². The molecule has 0 spiro atoms. The number of benzene rings is 2. The molecule has 0 bridgehead atoms. The molecular weight excluding hydrogens is 318 g/mol. The predicted octanol–water partition coefficient (Wildman–Crippen LogP) is 3.34. The molecule has 2 amide bonds. The van der Waals surface area contributed by atoms with Crippen LogP contribution in [0.2, 0.25) is 0 Å². The van der Waals surface area contributed by atoms with Gasteiger partial charge in [0.25, 0.3) is 11.8 Å². The predicted molar refractivity (Wildman–Crippen MR) is 93.0 cm³/mol. The summed E-state index contributed by atoms with van der Waals surface area (Å²) in [6, 6.07) is 13.6. The molecule has 5 heteroatoms. The largest absolute Gasteiger partial charge is 0.494 e. The first-order valence-electron chi connectivity index (χ1n) is 8.33. The quantitative estimate of drug-likeness (QED) is 0.574. The van der Waals surface area contributed by atoms with Crippen molar-refractivity contribution in [1.82, 2.24) is 4.90 Å². The molecule has 128 valence electrons. The highest BCUT2D eigenvalue weighted by atomic mass is 16.5. The van der Waals surface area contributed by atoms with E-state index in [0.717, 1.165) is 17.1 Å². The van der Waals surface area contributed by atoms with Gasteiger partial charge in [-0.25, -0.2) is 0 Å². The van der Waals surface area contributed by atoms with Gasteiger partial charge in [0.1, 0.15) is 5.75 Å². The zero-order chi connectivity index (χ0) is 17.8. The van der Waals surface area contributed by atoms with Gasteiger partial charge in [0, 0.05) is 18.5 Å². The van der Waals surface area contributed by atoms with Crippen LogP contribution in [0.3, 0.4) is 0 Å². The topological polar surface area (TPSA) is 63.7 Å². The molecule has 0 saturated heterocycles. The molecule has 0 fully saturated rings. The average Bonchev–Trinajstić information content (AvgIpc) is 2.89. The van der Waals surface area contributed by atoms with Gasteiger partial charge in [-0.05, 0) is 42.8 Å². The van der Waals surface area contributed by atoms with Crippen LogP contribution < -0.4 is 4.74 Å². The summed E-state index contributed by atoms with van der Waals surface area (Å²) in [4.78, 5) is 38.0. The summed E-state index contributed by atoms with van der Waals surface area (Å²) >= 11 is 0. The third-order valence-electron chi connectivity index (χ3n) is 4.09. The summed E-state index contributed by atoms with van der Waals surface area (Å²) in [5, 5.41) is 0. The number of nitrogens with zero attached hydrogens (tertiary/aromatic N) is 1. The highest BCUT2D eigenvalue weighted by molar-refractivity contribution is 6.21. The number of fused-ring (bicyclic) bond motifs is 1. The molecule has 0 N–H and O–H groups in total. The smallest absolute Gasteiger partial charge is 0.261 e. The Kier molecular flexibility index (Phi) is 4.93. The Balaban J connectivity index is 1.61. The van der Waals surface area contributed by atoms with Crippen molar-refractivity contribution in [3.05, 3.63) is 65.2 Å². The van der Waals surface area contributed by atoms with E-state index in [2.05, 4.69) is 0 Å². The molecule has 1 aliphatic heterocycles. The Morgan fingerprint density at radius 1 is 0.960 bits per heavy atom. The van der Waals surface area contributed by atoms with Crippen molar-refractivity contribution in [1.29, 1.82) is 0 Å². The highest BCUT2D eigenvalue weighted by Crippen LogP contribution is 2.23. The van der Waals surface area contributed by atoms with E-state index < -0.39 is 0 Å². The number of ether oxygens (including phenoxy) is 1. The van der Waals surface area contributed by atoms with Crippen molar-refractivity contribution >= 4 is 17.6 Å². The Morgan fingerprint density at radius 2 is 1.56 bits per heavy atom. The number of Topliss-reactive ketones (excluding diaryl/α,β-unsaturated/α-hetero) is 1.